The van der Waals surface area contributed by atoms with Crippen LogP contribution in [0.4, 0.5) is 17.1 Å². The van der Waals surface area contributed by atoms with Crippen molar-refractivity contribution < 1.29 is 25.9 Å². The average molecular weight is 373 g/mol. The molecule has 11 heteroatoms. The molecule has 0 aliphatic carbocycles. The third-order valence-corrected chi connectivity index (χ3v) is 4.93. The summed E-state index contributed by atoms with van der Waals surface area (Å²) < 4.78 is 63.9. The zero-order valence-corrected chi connectivity index (χ0v) is 13.8. The highest BCUT2D eigenvalue weighted by atomic mass is 32.2. The van der Waals surface area contributed by atoms with Gasteiger partial charge in [0.25, 0.3) is 20.2 Å². The molecule has 0 saturated heterocycles. The molecular formula is C13H15N3O6S2. The van der Waals surface area contributed by atoms with Gasteiger partial charge in [0.15, 0.2) is 0 Å². The minimum atomic E-state index is -4.67. The van der Waals surface area contributed by atoms with Gasteiger partial charge in [0.2, 0.25) is 0 Å². The van der Waals surface area contributed by atoms with Crippen molar-refractivity contribution in [2.75, 3.05) is 16.8 Å². The van der Waals surface area contributed by atoms with Crippen molar-refractivity contribution in [3.05, 3.63) is 42.0 Å². The third-order valence-electron chi connectivity index (χ3n) is 3.13. The zero-order valence-electron chi connectivity index (χ0n) is 12.2. The second-order valence-electron chi connectivity index (χ2n) is 4.93. The average Bonchev–Trinajstić information content (AvgIpc) is 2.45. The first-order valence-electron chi connectivity index (χ1n) is 6.45. The van der Waals surface area contributed by atoms with E-state index in [0.29, 0.717) is 5.69 Å². The molecule has 9 nitrogen and oxygen atoms in total. The van der Waals surface area contributed by atoms with Gasteiger partial charge in [0.05, 0.1) is 11.4 Å². The van der Waals surface area contributed by atoms with E-state index in [0.717, 1.165) is 17.7 Å². The van der Waals surface area contributed by atoms with Gasteiger partial charge in [-0.15, -0.1) is 0 Å². The van der Waals surface area contributed by atoms with Gasteiger partial charge in [-0.1, -0.05) is 12.1 Å². The van der Waals surface area contributed by atoms with Crippen molar-refractivity contribution in [1.82, 2.24) is 0 Å². The first kappa shape index (κ1) is 18.0. The van der Waals surface area contributed by atoms with Crippen molar-refractivity contribution in [3.8, 4) is 0 Å². The van der Waals surface area contributed by atoms with Crippen LogP contribution in [0.3, 0.4) is 0 Å². The first-order chi connectivity index (χ1) is 11.0. The third kappa shape index (κ3) is 4.14. The van der Waals surface area contributed by atoms with Gasteiger partial charge < -0.3 is 16.8 Å². The lowest BCUT2D eigenvalue weighted by Crippen LogP contribution is -2.11. The smallest absolute Gasteiger partial charge is 0.296 e. The molecule has 0 atom stereocenters. The largest absolute Gasteiger partial charge is 0.399 e. The molecule has 0 unspecified atom stereocenters. The fourth-order valence-corrected chi connectivity index (χ4v) is 3.29. The van der Waals surface area contributed by atoms with Gasteiger partial charge >= 0.3 is 0 Å². The molecule has 0 spiro atoms. The van der Waals surface area contributed by atoms with E-state index < -0.39 is 35.7 Å². The predicted molar refractivity (Wildman–Crippen MR) is 88.7 cm³/mol. The molecule has 7 N–H and O–H groups in total. The van der Waals surface area contributed by atoms with E-state index in [1.807, 2.05) is 0 Å². The van der Waals surface area contributed by atoms with Gasteiger partial charge in [-0.3, -0.25) is 9.11 Å². The summed E-state index contributed by atoms with van der Waals surface area (Å²) in [4.78, 5) is -1.28. The van der Waals surface area contributed by atoms with E-state index in [-0.39, 0.29) is 12.2 Å². The Kier molecular flexibility index (Phi) is 4.71. The zero-order chi connectivity index (χ0) is 18.1. The molecule has 0 saturated carbocycles. The minimum Gasteiger partial charge on any atom is -0.399 e. The molecule has 24 heavy (non-hydrogen) atoms. The Hall–Kier alpha value is -2.34. The minimum absolute atomic E-state index is 0.109. The van der Waals surface area contributed by atoms with Gasteiger partial charge in [-0.2, -0.15) is 16.8 Å². The van der Waals surface area contributed by atoms with Crippen LogP contribution < -0.4 is 16.8 Å². The highest BCUT2D eigenvalue weighted by Gasteiger charge is 2.23. The molecule has 2 aromatic carbocycles. The summed E-state index contributed by atoms with van der Waals surface area (Å²) in [5.41, 5.74) is 11.5. The fraction of sp³-hybridized carbons (Fsp3) is 0.0769. The predicted octanol–water partition coefficient (Wildman–Crippen LogP) is 0.956. The molecule has 0 aliphatic heterocycles. The van der Waals surface area contributed by atoms with Crippen molar-refractivity contribution in [2.24, 2.45) is 0 Å². The first-order valence-corrected chi connectivity index (χ1v) is 9.33. The second-order valence-corrected chi connectivity index (χ2v) is 7.71. The fourth-order valence-electron chi connectivity index (χ4n) is 1.98. The van der Waals surface area contributed by atoms with Gasteiger partial charge in [-0.25, -0.2) is 0 Å². The Labute approximate surface area is 138 Å². The standard InChI is InChI=1S/C13H15N3O6S2/c14-9-3-1-8(2-4-9)7-16-11-6-12(23(17,18)19)10(15)5-13(11)24(20,21)22/h1-6,16H,7,14-15H2,(H,17,18,19)(H,20,21,22). The number of rotatable bonds is 5. The summed E-state index contributed by atoms with van der Waals surface area (Å²) in [6.07, 6.45) is 0. The number of anilines is 3. The van der Waals surface area contributed by atoms with E-state index in [4.69, 9.17) is 16.0 Å². The monoisotopic (exact) mass is 373 g/mol. The summed E-state index contributed by atoms with van der Waals surface area (Å²) >= 11 is 0. The highest BCUT2D eigenvalue weighted by molar-refractivity contribution is 7.86. The Morgan fingerprint density at radius 1 is 0.875 bits per heavy atom. The van der Waals surface area contributed by atoms with E-state index in [2.05, 4.69) is 5.32 Å². The van der Waals surface area contributed by atoms with E-state index >= 15 is 0 Å². The number of benzene rings is 2. The van der Waals surface area contributed by atoms with Gasteiger partial charge in [0.1, 0.15) is 9.79 Å². The summed E-state index contributed by atoms with van der Waals surface area (Å²) in [5.74, 6) is 0. The summed E-state index contributed by atoms with van der Waals surface area (Å²) in [6, 6.07) is 8.21. The highest BCUT2D eigenvalue weighted by Crippen LogP contribution is 2.30. The van der Waals surface area contributed by atoms with Gasteiger partial charge in [-0.05, 0) is 29.8 Å². The molecule has 0 heterocycles. The van der Waals surface area contributed by atoms with Crippen molar-refractivity contribution >= 4 is 37.3 Å². The maximum Gasteiger partial charge on any atom is 0.296 e. The topological polar surface area (TPSA) is 173 Å². The Bertz CT molecular complexity index is 970. The van der Waals surface area contributed by atoms with Crippen molar-refractivity contribution in [1.29, 1.82) is 0 Å². The van der Waals surface area contributed by atoms with Crippen LogP contribution >= 0.6 is 0 Å². The number of nitrogens with two attached hydrogens (primary N) is 2. The summed E-state index contributed by atoms with van der Waals surface area (Å²) in [5, 5.41) is 2.68. The summed E-state index contributed by atoms with van der Waals surface area (Å²) in [6.45, 7) is 0.109. The normalized spacial score (nSPS) is 12.1. The maximum atomic E-state index is 11.5. The SMILES string of the molecule is Nc1ccc(CNc2cc(S(=O)(=O)O)c(N)cc2S(=O)(=O)O)cc1. The van der Waals surface area contributed by atoms with E-state index in [9.17, 15) is 21.4 Å². The molecule has 0 fully saturated rings. The van der Waals surface area contributed by atoms with Crippen molar-refractivity contribution in [3.63, 3.8) is 0 Å². The molecule has 0 radical (unpaired) electrons. The van der Waals surface area contributed by atoms with Crippen LogP contribution in [0.15, 0.2) is 46.2 Å². The lowest BCUT2D eigenvalue weighted by atomic mass is 10.2. The van der Waals surface area contributed by atoms with Crippen LogP contribution in [0, 0.1) is 0 Å². The molecule has 2 aromatic rings. The lowest BCUT2D eigenvalue weighted by Gasteiger charge is -2.13. The molecule has 0 aliphatic rings. The lowest BCUT2D eigenvalue weighted by molar-refractivity contribution is 0.479. The number of nitrogen functional groups attached to an aromatic ring is 2. The van der Waals surface area contributed by atoms with Crippen LogP contribution in [0.1, 0.15) is 5.56 Å². The number of hydrogen-bond donors (Lipinski definition) is 5. The second kappa shape index (κ2) is 6.28. The molecule has 130 valence electrons. The number of hydrogen-bond acceptors (Lipinski definition) is 7. The number of nitrogens with one attached hydrogen (secondary N) is 1. The Morgan fingerprint density at radius 3 is 1.92 bits per heavy atom. The molecule has 0 bridgehead atoms. The van der Waals surface area contributed by atoms with Crippen LogP contribution in [0.25, 0.3) is 0 Å². The van der Waals surface area contributed by atoms with E-state index in [1.165, 1.54) is 0 Å². The molecule has 0 aromatic heterocycles. The molecule has 0 amide bonds. The Morgan fingerprint density at radius 2 is 1.42 bits per heavy atom. The maximum absolute atomic E-state index is 11.5. The summed E-state index contributed by atoms with van der Waals surface area (Å²) in [7, 11) is -9.33. The van der Waals surface area contributed by atoms with Gasteiger partial charge in [0, 0.05) is 12.2 Å². The van der Waals surface area contributed by atoms with Crippen molar-refractivity contribution in [2.45, 2.75) is 16.3 Å². The van der Waals surface area contributed by atoms with Crippen LogP contribution in [0.5, 0.6) is 0 Å². The Balaban J connectivity index is 2.47. The van der Waals surface area contributed by atoms with Crippen LogP contribution in [-0.4, -0.2) is 25.9 Å². The van der Waals surface area contributed by atoms with Crippen LogP contribution in [0.2, 0.25) is 0 Å². The van der Waals surface area contributed by atoms with Crippen LogP contribution in [-0.2, 0) is 26.8 Å². The quantitative estimate of drug-likeness (QED) is 0.378. The molecule has 2 rings (SSSR count). The molecular weight excluding hydrogens is 358 g/mol. The van der Waals surface area contributed by atoms with E-state index in [1.54, 1.807) is 24.3 Å².